The lowest BCUT2D eigenvalue weighted by Crippen LogP contribution is -2.53. The fraction of sp³-hybridized carbons (Fsp3) is 0.686. The smallest absolute Gasteiger partial charge is 0.410 e. The minimum absolute atomic E-state index is 0.00201. The Kier molecular flexibility index (Phi) is 13.4. The molecule has 4 aliphatic rings. The standard InChI is InChI=1S/C35H54N8O6/c36-32(37)28-9-7-27(8-10-28)25-31(44)40-17-21-42(22-18-40)34(46)48-29-3-1-5-30(6-2-4-29)49-35(47)43-23-19-41(20-24-43)33(45)39-16-13-26-11-14-38-15-12-26/h7-10,26,29-30,38H,1-6,11-25H2,(H3,36,37)(H,39,45). The van der Waals surface area contributed by atoms with Crippen LogP contribution in [0.4, 0.5) is 14.4 Å². The molecular formula is C35H54N8O6. The van der Waals surface area contributed by atoms with E-state index in [1.807, 2.05) is 12.1 Å². The summed E-state index contributed by atoms with van der Waals surface area (Å²) in [7, 11) is 0. The Morgan fingerprint density at radius 2 is 1.22 bits per heavy atom. The summed E-state index contributed by atoms with van der Waals surface area (Å²) in [5.41, 5.74) is 6.99. The number of nitrogens with zero attached hydrogens (tertiary/aromatic N) is 4. The lowest BCUT2D eigenvalue weighted by atomic mass is 9.95. The van der Waals surface area contributed by atoms with Crippen molar-refractivity contribution in [2.45, 2.75) is 76.4 Å². The van der Waals surface area contributed by atoms with E-state index in [4.69, 9.17) is 20.6 Å². The van der Waals surface area contributed by atoms with Crippen LogP contribution in [0.5, 0.6) is 0 Å². The molecule has 0 bridgehead atoms. The molecule has 49 heavy (non-hydrogen) atoms. The molecule has 270 valence electrons. The van der Waals surface area contributed by atoms with Gasteiger partial charge in [0.25, 0.3) is 0 Å². The van der Waals surface area contributed by atoms with E-state index < -0.39 is 0 Å². The van der Waals surface area contributed by atoms with Crippen LogP contribution in [0.1, 0.15) is 68.9 Å². The van der Waals surface area contributed by atoms with Crippen molar-refractivity contribution < 1.29 is 28.7 Å². The predicted octanol–water partition coefficient (Wildman–Crippen LogP) is 2.74. The quantitative estimate of drug-likeness (QED) is 0.239. The maximum absolute atomic E-state index is 13.0. The van der Waals surface area contributed by atoms with Crippen LogP contribution in [-0.4, -0.2) is 134 Å². The van der Waals surface area contributed by atoms with Crippen molar-refractivity contribution in [2.24, 2.45) is 11.7 Å². The average Bonchev–Trinajstić information content (AvgIpc) is 3.11. The van der Waals surface area contributed by atoms with Gasteiger partial charge in [-0.2, -0.15) is 0 Å². The lowest BCUT2D eigenvalue weighted by Gasteiger charge is -2.36. The van der Waals surface area contributed by atoms with Crippen molar-refractivity contribution in [3.05, 3.63) is 35.4 Å². The van der Waals surface area contributed by atoms with Gasteiger partial charge < -0.3 is 45.4 Å². The summed E-state index contributed by atoms with van der Waals surface area (Å²) < 4.78 is 11.8. The predicted molar refractivity (Wildman–Crippen MR) is 184 cm³/mol. The topological polar surface area (TPSA) is 174 Å². The molecule has 5 N–H and O–H groups in total. The van der Waals surface area contributed by atoms with E-state index in [2.05, 4.69) is 10.6 Å². The number of ether oxygens (including phenoxy) is 2. The molecule has 3 saturated heterocycles. The minimum Gasteiger partial charge on any atom is -0.446 e. The molecular weight excluding hydrogens is 628 g/mol. The second-order valence-corrected chi connectivity index (χ2v) is 13.7. The molecule has 5 amide bonds. The Morgan fingerprint density at radius 3 is 1.73 bits per heavy atom. The number of piperazine rings is 2. The third kappa shape index (κ3) is 11.0. The molecule has 4 fully saturated rings. The molecule has 5 rings (SSSR count). The van der Waals surface area contributed by atoms with Crippen LogP contribution in [0, 0.1) is 11.3 Å². The van der Waals surface area contributed by atoms with Gasteiger partial charge in [0.1, 0.15) is 18.0 Å². The van der Waals surface area contributed by atoms with Crippen molar-refractivity contribution >= 4 is 30.0 Å². The Bertz CT molecular complexity index is 1260. The number of amides is 5. The zero-order valence-electron chi connectivity index (χ0n) is 28.7. The summed E-state index contributed by atoms with van der Waals surface area (Å²) >= 11 is 0. The highest BCUT2D eigenvalue weighted by atomic mass is 16.6. The fourth-order valence-corrected chi connectivity index (χ4v) is 7.09. The zero-order valence-corrected chi connectivity index (χ0v) is 28.7. The number of amidine groups is 1. The highest BCUT2D eigenvalue weighted by Gasteiger charge is 2.30. The van der Waals surface area contributed by atoms with Crippen LogP contribution in [0.25, 0.3) is 0 Å². The summed E-state index contributed by atoms with van der Waals surface area (Å²) in [6.07, 6.45) is 7.04. The second-order valence-electron chi connectivity index (χ2n) is 13.7. The number of benzene rings is 1. The van der Waals surface area contributed by atoms with Gasteiger partial charge in [-0.3, -0.25) is 10.2 Å². The van der Waals surface area contributed by atoms with Gasteiger partial charge in [-0.1, -0.05) is 24.3 Å². The van der Waals surface area contributed by atoms with Gasteiger partial charge >= 0.3 is 18.2 Å². The Morgan fingerprint density at radius 1 is 0.735 bits per heavy atom. The maximum Gasteiger partial charge on any atom is 0.410 e. The first-order chi connectivity index (χ1) is 23.7. The monoisotopic (exact) mass is 682 g/mol. The largest absolute Gasteiger partial charge is 0.446 e. The third-order valence-electron chi connectivity index (χ3n) is 10.3. The summed E-state index contributed by atoms with van der Waals surface area (Å²) in [4.78, 5) is 58.2. The van der Waals surface area contributed by atoms with Crippen LogP contribution >= 0.6 is 0 Å². The Labute approximate surface area is 289 Å². The molecule has 0 radical (unpaired) electrons. The summed E-state index contributed by atoms with van der Waals surface area (Å²) in [5.74, 6) is 0.668. The molecule has 14 nitrogen and oxygen atoms in total. The average molecular weight is 683 g/mol. The molecule has 0 aromatic heterocycles. The number of nitrogen functional groups attached to an aromatic ring is 1. The van der Waals surface area contributed by atoms with Gasteiger partial charge in [-0.25, -0.2) is 14.4 Å². The first-order valence-corrected chi connectivity index (χ1v) is 18.1. The third-order valence-corrected chi connectivity index (χ3v) is 10.3. The van der Waals surface area contributed by atoms with Crippen molar-refractivity contribution in [1.82, 2.24) is 30.2 Å². The molecule has 0 atom stereocenters. The van der Waals surface area contributed by atoms with Crippen molar-refractivity contribution in [3.8, 4) is 0 Å². The van der Waals surface area contributed by atoms with Gasteiger partial charge in [0.2, 0.25) is 5.91 Å². The van der Waals surface area contributed by atoms with E-state index in [0.717, 1.165) is 50.8 Å². The van der Waals surface area contributed by atoms with Gasteiger partial charge in [0, 0.05) is 64.5 Å². The molecule has 3 heterocycles. The number of urea groups is 1. The van der Waals surface area contributed by atoms with Gasteiger partial charge in [-0.15, -0.1) is 0 Å². The Balaban J connectivity index is 0.937. The van der Waals surface area contributed by atoms with Crippen LogP contribution in [0.2, 0.25) is 0 Å². The fourth-order valence-electron chi connectivity index (χ4n) is 7.09. The first kappa shape index (κ1) is 36.2. The summed E-state index contributed by atoms with van der Waals surface area (Å²) in [5, 5.41) is 13.9. The van der Waals surface area contributed by atoms with E-state index in [1.54, 1.807) is 31.7 Å². The van der Waals surface area contributed by atoms with Gasteiger partial charge in [0.15, 0.2) is 0 Å². The summed E-state index contributed by atoms with van der Waals surface area (Å²) in [6, 6.07) is 7.05. The van der Waals surface area contributed by atoms with E-state index in [1.165, 1.54) is 12.8 Å². The molecule has 0 spiro atoms. The van der Waals surface area contributed by atoms with Crippen molar-refractivity contribution in [3.63, 3.8) is 0 Å². The number of hydrogen-bond donors (Lipinski definition) is 4. The zero-order chi connectivity index (χ0) is 34.6. The van der Waals surface area contributed by atoms with Crippen LogP contribution in [0.15, 0.2) is 24.3 Å². The minimum atomic E-state index is -0.338. The number of nitrogens with one attached hydrogen (secondary N) is 3. The van der Waals surface area contributed by atoms with Crippen LogP contribution < -0.4 is 16.4 Å². The molecule has 1 saturated carbocycles. The molecule has 0 unspecified atom stereocenters. The number of carbonyl (C=O) groups excluding carboxylic acids is 4. The first-order valence-electron chi connectivity index (χ1n) is 18.1. The number of carbonyl (C=O) groups is 4. The highest BCUT2D eigenvalue weighted by Crippen LogP contribution is 2.24. The number of hydrogen-bond acceptors (Lipinski definition) is 8. The molecule has 1 aromatic rings. The summed E-state index contributed by atoms with van der Waals surface area (Å²) in [6.45, 7) is 6.48. The normalized spacial score (nSPS) is 22.4. The van der Waals surface area contributed by atoms with E-state index in [9.17, 15) is 19.2 Å². The van der Waals surface area contributed by atoms with E-state index >= 15 is 0 Å². The van der Waals surface area contributed by atoms with Crippen molar-refractivity contribution in [2.75, 3.05) is 72.0 Å². The Hall–Kier alpha value is -4.07. The number of nitrogens with two attached hydrogens (primary N) is 1. The molecule has 3 aliphatic heterocycles. The molecule has 1 aliphatic carbocycles. The second kappa shape index (κ2) is 18.1. The van der Waals surface area contributed by atoms with E-state index in [-0.39, 0.29) is 48.6 Å². The van der Waals surface area contributed by atoms with Crippen molar-refractivity contribution in [1.29, 1.82) is 5.41 Å². The highest BCUT2D eigenvalue weighted by molar-refractivity contribution is 5.95. The van der Waals surface area contributed by atoms with Crippen LogP contribution in [-0.2, 0) is 20.7 Å². The molecule has 14 heteroatoms. The van der Waals surface area contributed by atoms with Gasteiger partial charge in [0.05, 0.1) is 6.42 Å². The van der Waals surface area contributed by atoms with Gasteiger partial charge in [-0.05, 0) is 82.4 Å². The lowest BCUT2D eigenvalue weighted by molar-refractivity contribution is -0.132. The maximum atomic E-state index is 13.0. The SMILES string of the molecule is N=C(N)c1ccc(CC(=O)N2CCN(C(=O)OC3CCCC(OC(=O)N4CCN(C(=O)NCCC5CCNCC5)CC4)CCC3)CC2)cc1. The molecule has 1 aromatic carbocycles. The van der Waals surface area contributed by atoms with E-state index in [0.29, 0.717) is 83.2 Å². The number of rotatable bonds is 8. The van der Waals surface area contributed by atoms with Crippen LogP contribution in [0.3, 0.4) is 0 Å². The number of piperidine rings is 1.